The van der Waals surface area contributed by atoms with Crippen LogP contribution in [0.15, 0.2) is 42.5 Å². The van der Waals surface area contributed by atoms with Crippen molar-refractivity contribution in [2.75, 3.05) is 0 Å². The van der Waals surface area contributed by atoms with Gasteiger partial charge < -0.3 is 0 Å². The van der Waals surface area contributed by atoms with Crippen LogP contribution in [0.25, 0.3) is 0 Å². The molecule has 0 saturated carbocycles. The molecule has 0 aliphatic heterocycles. The highest BCUT2D eigenvalue weighted by Crippen LogP contribution is 2.13. The van der Waals surface area contributed by atoms with E-state index in [9.17, 15) is 18.0 Å². The third-order valence-corrected chi connectivity index (χ3v) is 2.77. The van der Waals surface area contributed by atoms with E-state index in [0.717, 1.165) is 12.1 Å². The van der Waals surface area contributed by atoms with Crippen LogP contribution in [0.5, 0.6) is 0 Å². The van der Waals surface area contributed by atoms with E-state index in [0.29, 0.717) is 12.0 Å². The first kappa shape index (κ1) is 13.3. The lowest BCUT2D eigenvalue weighted by molar-refractivity contribution is 0.0982. The lowest BCUT2D eigenvalue weighted by Gasteiger charge is -2.03. The number of Topliss-reactive ketones (excluding diaryl/α,β-unsaturated/α-hetero) is 1. The van der Waals surface area contributed by atoms with Gasteiger partial charge >= 0.3 is 0 Å². The Kier molecular flexibility index (Phi) is 4.00. The molecule has 19 heavy (non-hydrogen) atoms. The smallest absolute Gasteiger partial charge is 0.163 e. The molecule has 0 heterocycles. The highest BCUT2D eigenvalue weighted by atomic mass is 19.2. The van der Waals surface area contributed by atoms with Gasteiger partial charge in [-0.1, -0.05) is 12.1 Å². The third kappa shape index (κ3) is 3.44. The zero-order valence-electron chi connectivity index (χ0n) is 10.00. The third-order valence-electron chi connectivity index (χ3n) is 2.77. The average Bonchev–Trinajstić information content (AvgIpc) is 2.39. The lowest BCUT2D eigenvalue weighted by atomic mass is 10.0. The molecule has 0 spiro atoms. The molecule has 0 aliphatic carbocycles. The molecule has 0 radical (unpaired) electrons. The number of ketones is 1. The molecule has 2 rings (SSSR count). The molecular formula is C15H11F3O. The number of benzene rings is 2. The van der Waals surface area contributed by atoms with E-state index in [4.69, 9.17) is 0 Å². The fraction of sp³-hybridized carbons (Fsp3) is 0.133. The normalized spacial score (nSPS) is 10.5. The summed E-state index contributed by atoms with van der Waals surface area (Å²) in [6.07, 6.45) is 0.476. The van der Waals surface area contributed by atoms with Gasteiger partial charge in [-0.2, -0.15) is 0 Å². The Hall–Kier alpha value is -2.10. The number of aryl methyl sites for hydroxylation is 1. The van der Waals surface area contributed by atoms with Gasteiger partial charge in [0.2, 0.25) is 0 Å². The topological polar surface area (TPSA) is 17.1 Å². The second-order valence-electron chi connectivity index (χ2n) is 4.18. The van der Waals surface area contributed by atoms with Crippen LogP contribution in [0.3, 0.4) is 0 Å². The molecule has 0 aromatic heterocycles. The van der Waals surface area contributed by atoms with Gasteiger partial charge in [-0.05, 0) is 42.3 Å². The summed E-state index contributed by atoms with van der Waals surface area (Å²) in [4.78, 5) is 11.8. The Morgan fingerprint density at radius 1 is 0.947 bits per heavy atom. The number of carbonyl (C=O) groups excluding carboxylic acids is 1. The zero-order chi connectivity index (χ0) is 13.8. The molecule has 2 aromatic rings. The van der Waals surface area contributed by atoms with E-state index in [1.807, 2.05) is 0 Å². The molecular weight excluding hydrogens is 253 g/mol. The van der Waals surface area contributed by atoms with Gasteiger partial charge in [0.1, 0.15) is 5.82 Å². The molecule has 0 N–H and O–H groups in total. The number of halogens is 3. The standard InChI is InChI=1S/C15H11F3O/c16-12-3-1-2-10(8-12)4-7-15(19)11-5-6-13(17)14(18)9-11/h1-3,5-6,8-9H,4,7H2. The molecule has 0 bridgehead atoms. The summed E-state index contributed by atoms with van der Waals surface area (Å²) in [6, 6.07) is 8.98. The van der Waals surface area contributed by atoms with Crippen molar-refractivity contribution in [1.29, 1.82) is 0 Å². The number of hydrogen-bond acceptors (Lipinski definition) is 1. The molecule has 0 saturated heterocycles. The number of carbonyl (C=O) groups is 1. The predicted octanol–water partition coefficient (Wildman–Crippen LogP) is 3.92. The van der Waals surface area contributed by atoms with Crippen LogP contribution in [-0.2, 0) is 6.42 Å². The van der Waals surface area contributed by atoms with Gasteiger partial charge in [0, 0.05) is 12.0 Å². The van der Waals surface area contributed by atoms with Crippen LogP contribution in [-0.4, -0.2) is 5.78 Å². The highest BCUT2D eigenvalue weighted by molar-refractivity contribution is 5.96. The van der Waals surface area contributed by atoms with E-state index in [1.54, 1.807) is 12.1 Å². The van der Waals surface area contributed by atoms with E-state index < -0.39 is 11.6 Å². The lowest BCUT2D eigenvalue weighted by Crippen LogP contribution is -2.02. The number of rotatable bonds is 4. The molecule has 0 amide bonds. The van der Waals surface area contributed by atoms with Crippen LogP contribution < -0.4 is 0 Å². The van der Waals surface area contributed by atoms with Gasteiger partial charge in [-0.25, -0.2) is 13.2 Å². The first-order valence-corrected chi connectivity index (χ1v) is 5.79. The fourth-order valence-corrected chi connectivity index (χ4v) is 1.76. The van der Waals surface area contributed by atoms with Crippen LogP contribution >= 0.6 is 0 Å². The Bertz CT molecular complexity index is 608. The minimum atomic E-state index is -1.04. The van der Waals surface area contributed by atoms with Crippen molar-refractivity contribution < 1.29 is 18.0 Å². The maximum atomic E-state index is 13.0. The Morgan fingerprint density at radius 2 is 1.74 bits per heavy atom. The van der Waals surface area contributed by atoms with E-state index >= 15 is 0 Å². The van der Waals surface area contributed by atoms with Crippen LogP contribution in [0.4, 0.5) is 13.2 Å². The SMILES string of the molecule is O=C(CCc1cccc(F)c1)c1ccc(F)c(F)c1. The van der Waals surface area contributed by atoms with Gasteiger partial charge in [-0.3, -0.25) is 4.79 Å². The van der Waals surface area contributed by atoms with Crippen molar-refractivity contribution in [1.82, 2.24) is 0 Å². The first-order chi connectivity index (χ1) is 9.06. The molecule has 4 heteroatoms. The average molecular weight is 264 g/mol. The minimum Gasteiger partial charge on any atom is -0.294 e. The van der Waals surface area contributed by atoms with Crippen molar-refractivity contribution >= 4 is 5.78 Å². The molecule has 0 aliphatic rings. The van der Waals surface area contributed by atoms with Gasteiger partial charge in [-0.15, -0.1) is 0 Å². The second-order valence-corrected chi connectivity index (χ2v) is 4.18. The largest absolute Gasteiger partial charge is 0.294 e. The van der Waals surface area contributed by atoms with Gasteiger partial charge in [0.25, 0.3) is 0 Å². The minimum absolute atomic E-state index is 0.120. The summed E-state index contributed by atoms with van der Waals surface area (Å²) < 4.78 is 38.6. The van der Waals surface area contributed by atoms with Gasteiger partial charge in [0.05, 0.1) is 0 Å². The van der Waals surface area contributed by atoms with E-state index in [1.165, 1.54) is 18.2 Å². The van der Waals surface area contributed by atoms with Crippen LogP contribution in [0, 0.1) is 17.5 Å². The maximum Gasteiger partial charge on any atom is 0.163 e. The van der Waals surface area contributed by atoms with Crippen LogP contribution in [0.2, 0.25) is 0 Å². The molecule has 0 unspecified atom stereocenters. The van der Waals surface area contributed by atoms with Crippen molar-refractivity contribution in [2.24, 2.45) is 0 Å². The summed E-state index contributed by atoms with van der Waals surface area (Å²) in [7, 11) is 0. The summed E-state index contributed by atoms with van der Waals surface area (Å²) in [5, 5.41) is 0. The van der Waals surface area contributed by atoms with Crippen LogP contribution in [0.1, 0.15) is 22.3 Å². The first-order valence-electron chi connectivity index (χ1n) is 5.79. The summed E-state index contributed by atoms with van der Waals surface area (Å²) in [5.74, 6) is -2.70. The molecule has 0 atom stereocenters. The molecule has 2 aromatic carbocycles. The summed E-state index contributed by atoms with van der Waals surface area (Å²) in [5.41, 5.74) is 0.811. The highest BCUT2D eigenvalue weighted by Gasteiger charge is 2.10. The monoisotopic (exact) mass is 264 g/mol. The Morgan fingerprint density at radius 3 is 2.42 bits per heavy atom. The zero-order valence-corrected chi connectivity index (χ0v) is 10.00. The molecule has 0 fully saturated rings. The van der Waals surface area contributed by atoms with Crippen molar-refractivity contribution in [2.45, 2.75) is 12.8 Å². The predicted molar refractivity (Wildman–Crippen MR) is 65.4 cm³/mol. The Labute approximate surface area is 108 Å². The van der Waals surface area contributed by atoms with E-state index in [-0.39, 0.29) is 23.6 Å². The van der Waals surface area contributed by atoms with Crippen molar-refractivity contribution in [3.8, 4) is 0 Å². The Balaban J connectivity index is 2.03. The number of hydrogen-bond donors (Lipinski definition) is 0. The molecule has 1 nitrogen and oxygen atoms in total. The van der Waals surface area contributed by atoms with Gasteiger partial charge in [0.15, 0.2) is 17.4 Å². The maximum absolute atomic E-state index is 13.0. The second kappa shape index (κ2) is 5.69. The molecule has 98 valence electrons. The summed E-state index contributed by atoms with van der Waals surface area (Å²) >= 11 is 0. The summed E-state index contributed by atoms with van der Waals surface area (Å²) in [6.45, 7) is 0. The van der Waals surface area contributed by atoms with Crippen molar-refractivity contribution in [3.05, 3.63) is 71.0 Å². The van der Waals surface area contributed by atoms with E-state index in [2.05, 4.69) is 0 Å². The van der Waals surface area contributed by atoms with Crippen molar-refractivity contribution in [3.63, 3.8) is 0 Å². The fourth-order valence-electron chi connectivity index (χ4n) is 1.76. The quantitative estimate of drug-likeness (QED) is 0.765.